The van der Waals surface area contributed by atoms with E-state index in [4.69, 9.17) is 4.74 Å². The van der Waals surface area contributed by atoms with Crippen molar-refractivity contribution in [2.45, 2.75) is 20.1 Å². The van der Waals surface area contributed by atoms with E-state index in [1.807, 2.05) is 55.5 Å². The van der Waals surface area contributed by atoms with Gasteiger partial charge in [-0.25, -0.2) is 4.39 Å². The SMILES string of the molecule is Cc1ccc(COc2ccccc2/C=C2\SC(=O)N(Cc3ccc(F)cc3)C2=O)cc1. The summed E-state index contributed by atoms with van der Waals surface area (Å²) in [6, 6.07) is 21.2. The average Bonchev–Trinajstić information content (AvgIpc) is 3.03. The fourth-order valence-corrected chi connectivity index (χ4v) is 3.96. The zero-order valence-electron chi connectivity index (χ0n) is 16.9. The molecule has 0 bridgehead atoms. The third-order valence-corrected chi connectivity index (χ3v) is 5.76. The van der Waals surface area contributed by atoms with Crippen molar-refractivity contribution in [2.75, 3.05) is 0 Å². The van der Waals surface area contributed by atoms with E-state index in [9.17, 15) is 14.0 Å². The Balaban J connectivity index is 1.50. The third kappa shape index (κ3) is 5.03. The highest BCUT2D eigenvalue weighted by Crippen LogP contribution is 2.35. The van der Waals surface area contributed by atoms with Gasteiger partial charge in [-0.1, -0.05) is 60.2 Å². The highest BCUT2D eigenvalue weighted by Gasteiger charge is 2.35. The Morgan fingerprint density at radius 3 is 2.35 bits per heavy atom. The Labute approximate surface area is 184 Å². The first kappa shape index (κ1) is 20.9. The zero-order chi connectivity index (χ0) is 21.8. The van der Waals surface area contributed by atoms with Crippen LogP contribution < -0.4 is 4.74 Å². The van der Waals surface area contributed by atoms with Crippen LogP contribution >= 0.6 is 11.8 Å². The lowest BCUT2D eigenvalue weighted by Crippen LogP contribution is -2.27. The van der Waals surface area contributed by atoms with Crippen molar-refractivity contribution >= 4 is 29.0 Å². The zero-order valence-corrected chi connectivity index (χ0v) is 17.7. The van der Waals surface area contributed by atoms with Crippen LogP contribution in [0.5, 0.6) is 5.75 Å². The van der Waals surface area contributed by atoms with Gasteiger partial charge in [0.2, 0.25) is 0 Å². The summed E-state index contributed by atoms with van der Waals surface area (Å²) in [6.45, 7) is 2.54. The van der Waals surface area contributed by atoms with Crippen molar-refractivity contribution < 1.29 is 18.7 Å². The number of halogens is 1. The summed E-state index contributed by atoms with van der Waals surface area (Å²) in [4.78, 5) is 26.7. The molecule has 3 aromatic carbocycles. The maximum atomic E-state index is 13.1. The molecule has 0 unspecified atom stereocenters. The molecular weight excluding hydrogens is 413 g/mol. The fraction of sp³-hybridized carbons (Fsp3) is 0.120. The maximum Gasteiger partial charge on any atom is 0.293 e. The number of carbonyl (C=O) groups is 2. The van der Waals surface area contributed by atoms with Crippen molar-refractivity contribution in [2.24, 2.45) is 0 Å². The van der Waals surface area contributed by atoms with Crippen LogP contribution in [0, 0.1) is 12.7 Å². The molecule has 0 saturated carbocycles. The number of hydrogen-bond donors (Lipinski definition) is 0. The van der Waals surface area contributed by atoms with Crippen molar-refractivity contribution in [3.05, 3.63) is 106 Å². The Kier molecular flexibility index (Phi) is 6.18. The molecule has 156 valence electrons. The number of aryl methyl sites for hydroxylation is 1. The largest absolute Gasteiger partial charge is 0.488 e. The maximum absolute atomic E-state index is 13.1. The Hall–Kier alpha value is -3.38. The lowest BCUT2D eigenvalue weighted by Gasteiger charge is -2.12. The topological polar surface area (TPSA) is 46.6 Å². The number of carbonyl (C=O) groups excluding carboxylic acids is 2. The minimum absolute atomic E-state index is 0.105. The van der Waals surface area contributed by atoms with Crippen LogP contribution in [0.2, 0.25) is 0 Å². The molecule has 4 rings (SSSR count). The molecule has 3 aromatic rings. The molecule has 0 atom stereocenters. The molecule has 0 N–H and O–H groups in total. The molecule has 1 aliphatic rings. The molecule has 0 aromatic heterocycles. The number of thioether (sulfide) groups is 1. The normalized spacial score (nSPS) is 15.0. The Bertz CT molecular complexity index is 1140. The van der Waals surface area contributed by atoms with Crippen LogP contribution in [0.3, 0.4) is 0 Å². The molecule has 0 spiro atoms. The van der Waals surface area contributed by atoms with Gasteiger partial charge in [-0.15, -0.1) is 0 Å². The molecule has 31 heavy (non-hydrogen) atoms. The van der Waals surface area contributed by atoms with E-state index in [-0.39, 0.29) is 23.5 Å². The van der Waals surface area contributed by atoms with Crippen LogP contribution in [0.4, 0.5) is 9.18 Å². The third-order valence-electron chi connectivity index (χ3n) is 4.85. The summed E-state index contributed by atoms with van der Waals surface area (Å²) in [5.74, 6) is -0.0962. The minimum atomic E-state index is -0.368. The molecule has 1 saturated heterocycles. The highest BCUT2D eigenvalue weighted by atomic mass is 32.2. The Morgan fingerprint density at radius 1 is 0.935 bits per heavy atom. The molecule has 1 aliphatic heterocycles. The van der Waals surface area contributed by atoms with E-state index in [1.54, 1.807) is 18.2 Å². The van der Waals surface area contributed by atoms with Gasteiger partial charge in [-0.2, -0.15) is 0 Å². The fourth-order valence-electron chi connectivity index (χ4n) is 3.13. The van der Waals surface area contributed by atoms with Gasteiger partial charge in [0.25, 0.3) is 11.1 Å². The first-order chi connectivity index (χ1) is 15.0. The molecule has 6 heteroatoms. The number of imide groups is 1. The van der Waals surface area contributed by atoms with Gasteiger partial charge in [0.1, 0.15) is 18.2 Å². The molecular formula is C25H20FNO3S. The Morgan fingerprint density at radius 2 is 1.61 bits per heavy atom. The number of rotatable bonds is 6. The molecule has 0 radical (unpaired) electrons. The van der Waals surface area contributed by atoms with E-state index in [1.165, 1.54) is 22.6 Å². The lowest BCUT2D eigenvalue weighted by molar-refractivity contribution is -0.123. The van der Waals surface area contributed by atoms with E-state index < -0.39 is 0 Å². The van der Waals surface area contributed by atoms with E-state index >= 15 is 0 Å². The monoisotopic (exact) mass is 433 g/mol. The van der Waals surface area contributed by atoms with E-state index in [0.29, 0.717) is 22.8 Å². The van der Waals surface area contributed by atoms with Crippen molar-refractivity contribution in [1.82, 2.24) is 4.90 Å². The van der Waals surface area contributed by atoms with Gasteiger partial charge in [-0.3, -0.25) is 14.5 Å². The van der Waals surface area contributed by atoms with Crippen molar-refractivity contribution in [1.29, 1.82) is 0 Å². The second-order valence-corrected chi connectivity index (χ2v) is 8.20. The number of amides is 2. The molecule has 1 heterocycles. The number of nitrogens with zero attached hydrogens (tertiary/aromatic N) is 1. The summed E-state index contributed by atoms with van der Waals surface area (Å²) >= 11 is 0.893. The quantitative estimate of drug-likeness (QED) is 0.451. The predicted molar refractivity (Wildman–Crippen MR) is 120 cm³/mol. The van der Waals surface area contributed by atoms with Crippen molar-refractivity contribution in [3.8, 4) is 5.75 Å². The molecule has 0 aliphatic carbocycles. The predicted octanol–water partition coefficient (Wildman–Crippen LogP) is 5.95. The van der Waals surface area contributed by atoms with Gasteiger partial charge in [0.05, 0.1) is 11.4 Å². The second-order valence-electron chi connectivity index (χ2n) is 7.21. The first-order valence-corrected chi connectivity index (χ1v) is 10.6. The molecule has 2 amide bonds. The van der Waals surface area contributed by atoms with Gasteiger partial charge < -0.3 is 4.74 Å². The minimum Gasteiger partial charge on any atom is -0.488 e. The molecule has 1 fully saturated rings. The van der Waals surface area contributed by atoms with E-state index in [0.717, 1.165) is 22.9 Å². The average molecular weight is 434 g/mol. The van der Waals surface area contributed by atoms with Gasteiger partial charge in [0.15, 0.2) is 0 Å². The van der Waals surface area contributed by atoms with Crippen LogP contribution in [0.1, 0.15) is 22.3 Å². The summed E-state index contributed by atoms with van der Waals surface area (Å²) in [7, 11) is 0. The standard InChI is InChI=1S/C25H20FNO3S/c1-17-6-8-19(9-7-17)16-30-22-5-3-2-4-20(22)14-23-24(28)27(25(29)31-23)15-18-10-12-21(26)13-11-18/h2-14H,15-16H2,1H3/b23-14-. The summed E-state index contributed by atoms with van der Waals surface area (Å²) in [5, 5.41) is -0.348. The lowest BCUT2D eigenvalue weighted by atomic mass is 10.1. The highest BCUT2D eigenvalue weighted by molar-refractivity contribution is 8.18. The van der Waals surface area contributed by atoms with Gasteiger partial charge in [-0.05, 0) is 54.1 Å². The van der Waals surface area contributed by atoms with Crippen molar-refractivity contribution in [3.63, 3.8) is 0 Å². The van der Waals surface area contributed by atoms with Crippen LogP contribution in [0.15, 0.2) is 77.7 Å². The summed E-state index contributed by atoms with van der Waals surface area (Å²) in [6.07, 6.45) is 1.68. The van der Waals surface area contributed by atoms with E-state index in [2.05, 4.69) is 0 Å². The smallest absolute Gasteiger partial charge is 0.293 e. The summed E-state index contributed by atoms with van der Waals surface area (Å²) < 4.78 is 19.1. The number of hydrogen-bond acceptors (Lipinski definition) is 4. The van der Waals surface area contributed by atoms with Gasteiger partial charge >= 0.3 is 0 Å². The second kappa shape index (κ2) is 9.18. The first-order valence-electron chi connectivity index (χ1n) is 9.77. The van der Waals surface area contributed by atoms with Crippen LogP contribution in [0.25, 0.3) is 6.08 Å². The summed E-state index contributed by atoms with van der Waals surface area (Å²) in [5.41, 5.74) is 3.63. The number of ether oxygens (including phenoxy) is 1. The number of benzene rings is 3. The van der Waals surface area contributed by atoms with Gasteiger partial charge in [0, 0.05) is 5.56 Å². The number of para-hydroxylation sites is 1. The molecule has 4 nitrogen and oxygen atoms in total. The van der Waals surface area contributed by atoms with Crippen LogP contribution in [-0.4, -0.2) is 16.0 Å². The van der Waals surface area contributed by atoms with Crippen LogP contribution in [-0.2, 0) is 17.9 Å².